The van der Waals surface area contributed by atoms with Crippen molar-refractivity contribution in [1.29, 1.82) is 0 Å². The van der Waals surface area contributed by atoms with Crippen LogP contribution in [0.1, 0.15) is 17.3 Å². The lowest BCUT2D eigenvalue weighted by atomic mass is 10.2. The van der Waals surface area contributed by atoms with Crippen LogP contribution in [0.15, 0.2) is 18.2 Å². The van der Waals surface area contributed by atoms with Crippen molar-refractivity contribution in [2.24, 2.45) is 0 Å². The van der Waals surface area contributed by atoms with Crippen LogP contribution < -0.4 is 5.32 Å². The number of hydrogen-bond donors (Lipinski definition) is 1. The van der Waals surface area contributed by atoms with E-state index in [1.807, 2.05) is 0 Å². The van der Waals surface area contributed by atoms with Crippen molar-refractivity contribution in [3.05, 3.63) is 28.8 Å². The number of esters is 1. The number of carbonyl (C=O) groups excluding carboxylic acids is 2. The molecule has 0 atom stereocenters. The van der Waals surface area contributed by atoms with Gasteiger partial charge in [-0.2, -0.15) is 0 Å². The zero-order chi connectivity index (χ0) is 11.4. The smallest absolute Gasteiger partial charge is 0.337 e. The normalized spacial score (nSPS) is 9.53. The average Bonchev–Trinajstić information content (AvgIpc) is 2.14. The lowest BCUT2D eigenvalue weighted by Gasteiger charge is -2.05. The molecule has 0 heterocycles. The third kappa shape index (κ3) is 3.25. The average molecular weight is 228 g/mol. The van der Waals surface area contributed by atoms with E-state index in [9.17, 15) is 9.59 Å². The number of benzene rings is 1. The highest BCUT2D eigenvalue weighted by Crippen LogP contribution is 2.19. The summed E-state index contributed by atoms with van der Waals surface area (Å²) >= 11 is 5.78. The van der Waals surface area contributed by atoms with E-state index in [1.165, 1.54) is 26.2 Å². The number of anilines is 1. The molecular formula is C10H10ClNO3. The fraction of sp³-hybridized carbons (Fsp3) is 0.200. The van der Waals surface area contributed by atoms with Crippen molar-refractivity contribution in [3.8, 4) is 0 Å². The van der Waals surface area contributed by atoms with E-state index in [0.29, 0.717) is 16.3 Å². The Hall–Kier alpha value is -1.55. The standard InChI is InChI=1S/C10H10ClNO3/c1-6(13)12-9-4-7(10(14)15-2)3-8(11)5-9/h3-5H,1-2H3,(H,12,13). The Morgan fingerprint density at radius 3 is 2.53 bits per heavy atom. The van der Waals surface area contributed by atoms with Crippen molar-refractivity contribution < 1.29 is 14.3 Å². The zero-order valence-electron chi connectivity index (χ0n) is 8.33. The molecule has 80 valence electrons. The Morgan fingerprint density at radius 2 is 2.00 bits per heavy atom. The molecule has 0 aliphatic rings. The van der Waals surface area contributed by atoms with Gasteiger partial charge in [0.2, 0.25) is 5.91 Å². The molecule has 1 aromatic carbocycles. The second-order valence-corrected chi connectivity index (χ2v) is 3.34. The first kappa shape index (κ1) is 11.5. The summed E-state index contributed by atoms with van der Waals surface area (Å²) in [4.78, 5) is 22.0. The Balaban J connectivity index is 3.04. The lowest BCUT2D eigenvalue weighted by Crippen LogP contribution is -2.08. The van der Waals surface area contributed by atoms with E-state index in [0.717, 1.165) is 0 Å². The molecule has 1 aromatic rings. The zero-order valence-corrected chi connectivity index (χ0v) is 9.09. The minimum Gasteiger partial charge on any atom is -0.465 e. The Bertz CT molecular complexity index is 404. The maximum Gasteiger partial charge on any atom is 0.337 e. The molecule has 15 heavy (non-hydrogen) atoms. The third-order valence-electron chi connectivity index (χ3n) is 1.64. The van der Waals surface area contributed by atoms with E-state index in [-0.39, 0.29) is 5.91 Å². The first-order chi connectivity index (χ1) is 7.02. The van der Waals surface area contributed by atoms with Crippen molar-refractivity contribution >= 4 is 29.2 Å². The number of methoxy groups -OCH3 is 1. The van der Waals surface area contributed by atoms with Gasteiger partial charge in [-0.05, 0) is 18.2 Å². The molecule has 1 N–H and O–H groups in total. The highest BCUT2D eigenvalue weighted by molar-refractivity contribution is 6.31. The second kappa shape index (κ2) is 4.79. The van der Waals surface area contributed by atoms with Gasteiger partial charge >= 0.3 is 5.97 Å². The summed E-state index contributed by atoms with van der Waals surface area (Å²) in [7, 11) is 1.28. The number of carbonyl (C=O) groups is 2. The van der Waals surface area contributed by atoms with E-state index < -0.39 is 5.97 Å². The van der Waals surface area contributed by atoms with Crippen LogP contribution in [0, 0.1) is 0 Å². The number of rotatable bonds is 2. The molecular weight excluding hydrogens is 218 g/mol. The summed E-state index contributed by atoms with van der Waals surface area (Å²) in [6, 6.07) is 4.52. The van der Waals surface area contributed by atoms with Crippen LogP contribution in [0.5, 0.6) is 0 Å². The second-order valence-electron chi connectivity index (χ2n) is 2.90. The summed E-state index contributed by atoms with van der Waals surface area (Å²) in [6.45, 7) is 1.37. The van der Waals surface area contributed by atoms with Crippen LogP contribution in [-0.2, 0) is 9.53 Å². The molecule has 0 aromatic heterocycles. The van der Waals surface area contributed by atoms with E-state index in [4.69, 9.17) is 11.6 Å². The van der Waals surface area contributed by atoms with Gasteiger partial charge in [-0.3, -0.25) is 4.79 Å². The molecule has 4 nitrogen and oxygen atoms in total. The van der Waals surface area contributed by atoms with Crippen LogP contribution >= 0.6 is 11.6 Å². The lowest BCUT2D eigenvalue weighted by molar-refractivity contribution is -0.114. The summed E-state index contributed by atoms with van der Waals surface area (Å²) in [5.74, 6) is -0.725. The molecule has 0 saturated carbocycles. The molecule has 0 unspecified atom stereocenters. The molecule has 0 spiro atoms. The molecule has 0 aliphatic heterocycles. The highest BCUT2D eigenvalue weighted by atomic mass is 35.5. The van der Waals surface area contributed by atoms with Crippen LogP contribution in [0.4, 0.5) is 5.69 Å². The molecule has 0 aliphatic carbocycles. The van der Waals surface area contributed by atoms with E-state index >= 15 is 0 Å². The Morgan fingerprint density at radius 1 is 1.33 bits per heavy atom. The quantitative estimate of drug-likeness (QED) is 0.787. The molecule has 1 amide bonds. The topological polar surface area (TPSA) is 55.4 Å². The van der Waals surface area contributed by atoms with Crippen LogP contribution in [0.2, 0.25) is 5.02 Å². The summed E-state index contributed by atoms with van der Waals surface area (Å²) < 4.78 is 4.54. The molecule has 0 bridgehead atoms. The maximum atomic E-state index is 11.2. The van der Waals surface area contributed by atoms with Gasteiger partial charge in [0.05, 0.1) is 12.7 Å². The number of nitrogens with one attached hydrogen (secondary N) is 1. The predicted molar refractivity (Wildman–Crippen MR) is 57.1 cm³/mol. The van der Waals surface area contributed by atoms with Crippen molar-refractivity contribution in [1.82, 2.24) is 0 Å². The molecule has 0 radical (unpaired) electrons. The van der Waals surface area contributed by atoms with E-state index in [2.05, 4.69) is 10.1 Å². The third-order valence-corrected chi connectivity index (χ3v) is 1.86. The minimum atomic E-state index is -0.496. The van der Waals surface area contributed by atoms with Crippen molar-refractivity contribution in [3.63, 3.8) is 0 Å². The van der Waals surface area contributed by atoms with Gasteiger partial charge in [-0.15, -0.1) is 0 Å². The molecule has 1 rings (SSSR count). The SMILES string of the molecule is COC(=O)c1cc(Cl)cc(NC(C)=O)c1. The van der Waals surface area contributed by atoms with Crippen LogP contribution in [0.25, 0.3) is 0 Å². The summed E-state index contributed by atoms with van der Waals surface area (Å²) in [5.41, 5.74) is 0.768. The number of hydrogen-bond acceptors (Lipinski definition) is 3. The minimum absolute atomic E-state index is 0.229. The van der Waals surface area contributed by atoms with Gasteiger partial charge < -0.3 is 10.1 Å². The highest BCUT2D eigenvalue weighted by Gasteiger charge is 2.08. The first-order valence-electron chi connectivity index (χ1n) is 4.19. The fourth-order valence-electron chi connectivity index (χ4n) is 1.10. The van der Waals surface area contributed by atoms with Crippen molar-refractivity contribution in [2.75, 3.05) is 12.4 Å². The van der Waals surface area contributed by atoms with Gasteiger partial charge in [0.15, 0.2) is 0 Å². The van der Waals surface area contributed by atoms with Gasteiger partial charge in [-0.25, -0.2) is 4.79 Å². The summed E-state index contributed by atoms with van der Waals surface area (Å²) in [5, 5.41) is 2.90. The fourth-order valence-corrected chi connectivity index (χ4v) is 1.34. The summed E-state index contributed by atoms with van der Waals surface area (Å²) in [6.07, 6.45) is 0. The van der Waals surface area contributed by atoms with Gasteiger partial charge in [0.1, 0.15) is 0 Å². The maximum absolute atomic E-state index is 11.2. The largest absolute Gasteiger partial charge is 0.465 e. The number of ether oxygens (including phenoxy) is 1. The number of halogens is 1. The molecule has 0 saturated heterocycles. The Kier molecular flexibility index (Phi) is 3.68. The number of amides is 1. The monoisotopic (exact) mass is 227 g/mol. The molecule has 5 heteroatoms. The van der Waals surface area contributed by atoms with Crippen LogP contribution in [0.3, 0.4) is 0 Å². The van der Waals surface area contributed by atoms with Gasteiger partial charge in [0, 0.05) is 17.6 Å². The van der Waals surface area contributed by atoms with Crippen LogP contribution in [-0.4, -0.2) is 19.0 Å². The first-order valence-corrected chi connectivity index (χ1v) is 4.57. The Labute approximate surface area is 92.2 Å². The van der Waals surface area contributed by atoms with Gasteiger partial charge in [-0.1, -0.05) is 11.6 Å². The van der Waals surface area contributed by atoms with Gasteiger partial charge in [0.25, 0.3) is 0 Å². The molecule has 0 fully saturated rings. The van der Waals surface area contributed by atoms with Crippen molar-refractivity contribution in [2.45, 2.75) is 6.92 Å². The van der Waals surface area contributed by atoms with E-state index in [1.54, 1.807) is 6.07 Å². The predicted octanol–water partition coefficient (Wildman–Crippen LogP) is 2.08.